The van der Waals surface area contributed by atoms with Crippen molar-refractivity contribution in [1.82, 2.24) is 0 Å². The highest BCUT2D eigenvalue weighted by Gasteiger charge is 2.33. The number of rotatable bonds is 6. The summed E-state index contributed by atoms with van der Waals surface area (Å²) in [5, 5.41) is 0. The van der Waals surface area contributed by atoms with Gasteiger partial charge in [0.2, 0.25) is 0 Å². The summed E-state index contributed by atoms with van der Waals surface area (Å²) in [6.45, 7) is 0. The summed E-state index contributed by atoms with van der Waals surface area (Å²) in [5.41, 5.74) is 0.937. The lowest BCUT2D eigenvalue weighted by atomic mass is 9.68. The fraction of sp³-hybridized carbons (Fsp3) is 0.538. The molecule has 2 aromatic rings. The molecule has 4 rings (SSSR count). The Morgan fingerprint density at radius 3 is 2.03 bits per heavy atom. The molecule has 30 heavy (non-hydrogen) atoms. The van der Waals surface area contributed by atoms with Crippen LogP contribution in [-0.2, 0) is 0 Å². The van der Waals surface area contributed by atoms with E-state index in [1.807, 2.05) is 30.3 Å². The second-order valence-electron chi connectivity index (χ2n) is 9.10. The first-order valence-electron chi connectivity index (χ1n) is 11.4. The third-order valence-electron chi connectivity index (χ3n) is 7.33. The van der Waals surface area contributed by atoms with Gasteiger partial charge in [-0.05, 0) is 105 Å². The van der Waals surface area contributed by atoms with Crippen molar-refractivity contribution in [1.29, 1.82) is 0 Å². The molecule has 0 bridgehead atoms. The van der Waals surface area contributed by atoms with E-state index in [-0.39, 0.29) is 5.92 Å². The van der Waals surface area contributed by atoms with Gasteiger partial charge in [-0.1, -0.05) is 24.3 Å². The molecule has 162 valence electrons. The van der Waals surface area contributed by atoms with Crippen molar-refractivity contribution in [2.75, 3.05) is 5.75 Å². The summed E-state index contributed by atoms with van der Waals surface area (Å²) in [6.07, 6.45) is 7.98. The molecule has 2 aromatic carbocycles. The third-order valence-corrected chi connectivity index (χ3v) is 8.42. The molecule has 1 unspecified atom stereocenters. The lowest BCUT2D eigenvalue weighted by molar-refractivity contribution is 0.123. The molecule has 2 fully saturated rings. The minimum atomic E-state index is -0.766. The predicted octanol–water partition coefficient (Wildman–Crippen LogP) is 8.18. The van der Waals surface area contributed by atoms with Crippen LogP contribution in [0.4, 0.5) is 13.2 Å². The molecule has 0 nitrogen and oxygen atoms in total. The van der Waals surface area contributed by atoms with Crippen LogP contribution in [-0.4, -0.2) is 11.9 Å². The molecule has 2 saturated carbocycles. The van der Waals surface area contributed by atoms with E-state index in [4.69, 9.17) is 0 Å². The lowest BCUT2D eigenvalue weighted by Crippen LogP contribution is -2.29. The molecule has 0 aliphatic heterocycles. The quantitative estimate of drug-likeness (QED) is 0.415. The molecule has 1 atom stereocenters. The summed E-state index contributed by atoms with van der Waals surface area (Å²) in [7, 11) is 0. The topological polar surface area (TPSA) is 0 Å². The number of thioether (sulfide) groups is 1. The smallest absolute Gasteiger partial charge is 0.159 e. The first kappa shape index (κ1) is 21.8. The highest BCUT2D eigenvalue weighted by atomic mass is 32.2. The van der Waals surface area contributed by atoms with Gasteiger partial charge in [-0.25, -0.2) is 13.2 Å². The molecule has 4 heteroatoms. The van der Waals surface area contributed by atoms with Crippen LogP contribution in [0.5, 0.6) is 0 Å². The van der Waals surface area contributed by atoms with Gasteiger partial charge >= 0.3 is 0 Å². The summed E-state index contributed by atoms with van der Waals surface area (Å²) in [5.74, 6) is 1.02. The molecular formula is C26H31F3S. The second-order valence-corrected chi connectivity index (χ2v) is 10.2. The predicted molar refractivity (Wildman–Crippen MR) is 119 cm³/mol. The van der Waals surface area contributed by atoms with Crippen LogP contribution in [0.3, 0.4) is 0 Å². The van der Waals surface area contributed by atoms with Crippen LogP contribution in [0.25, 0.3) is 0 Å². The van der Waals surface area contributed by atoms with E-state index >= 15 is 0 Å². The average Bonchev–Trinajstić information content (AvgIpc) is 2.80. The first-order chi connectivity index (χ1) is 14.6. The van der Waals surface area contributed by atoms with Gasteiger partial charge in [0.25, 0.3) is 0 Å². The fourth-order valence-corrected chi connectivity index (χ4v) is 6.47. The summed E-state index contributed by atoms with van der Waals surface area (Å²) in [4.78, 5) is 1.15. The van der Waals surface area contributed by atoms with Gasteiger partial charge in [0.1, 0.15) is 6.17 Å². The van der Waals surface area contributed by atoms with Crippen molar-refractivity contribution in [3.8, 4) is 0 Å². The molecular weight excluding hydrogens is 401 g/mol. The van der Waals surface area contributed by atoms with E-state index in [9.17, 15) is 13.2 Å². The Morgan fingerprint density at radius 1 is 0.767 bits per heavy atom. The summed E-state index contributed by atoms with van der Waals surface area (Å²) in [6, 6.07) is 14.5. The van der Waals surface area contributed by atoms with Crippen LogP contribution in [0.2, 0.25) is 0 Å². The first-order valence-corrected chi connectivity index (χ1v) is 12.4. The molecule has 0 N–H and O–H groups in total. The zero-order valence-electron chi connectivity index (χ0n) is 17.4. The molecule has 0 radical (unpaired) electrons. The zero-order valence-corrected chi connectivity index (χ0v) is 18.2. The minimum Gasteiger partial charge on any atom is -0.246 e. The van der Waals surface area contributed by atoms with E-state index in [0.717, 1.165) is 61.8 Å². The fourth-order valence-electron chi connectivity index (χ4n) is 5.50. The molecule has 0 saturated heterocycles. The Kier molecular flexibility index (Phi) is 7.45. The van der Waals surface area contributed by atoms with E-state index in [0.29, 0.717) is 23.5 Å². The summed E-state index contributed by atoms with van der Waals surface area (Å²) >= 11 is 1.63. The summed E-state index contributed by atoms with van der Waals surface area (Å²) < 4.78 is 41.5. The normalized spacial score (nSPS) is 28.2. The van der Waals surface area contributed by atoms with Crippen molar-refractivity contribution < 1.29 is 13.2 Å². The van der Waals surface area contributed by atoms with E-state index < -0.39 is 17.8 Å². The zero-order chi connectivity index (χ0) is 20.9. The maximum atomic E-state index is 14.8. The van der Waals surface area contributed by atoms with Gasteiger partial charge in [0.15, 0.2) is 11.6 Å². The lowest BCUT2D eigenvalue weighted by Gasteiger charge is -2.38. The van der Waals surface area contributed by atoms with Gasteiger partial charge in [-0.3, -0.25) is 0 Å². The molecule has 0 amide bonds. The van der Waals surface area contributed by atoms with Gasteiger partial charge in [-0.2, -0.15) is 0 Å². The van der Waals surface area contributed by atoms with Crippen LogP contribution >= 0.6 is 11.8 Å². The van der Waals surface area contributed by atoms with Crippen molar-refractivity contribution in [3.63, 3.8) is 0 Å². The maximum Gasteiger partial charge on any atom is 0.159 e. The number of halogens is 3. The van der Waals surface area contributed by atoms with Gasteiger partial charge in [0.05, 0.1) is 0 Å². The molecule has 0 spiro atoms. The van der Waals surface area contributed by atoms with Crippen LogP contribution < -0.4 is 0 Å². The van der Waals surface area contributed by atoms with Crippen molar-refractivity contribution in [2.24, 2.45) is 17.8 Å². The van der Waals surface area contributed by atoms with Crippen LogP contribution in [0.1, 0.15) is 62.8 Å². The Morgan fingerprint density at radius 2 is 1.40 bits per heavy atom. The Balaban J connectivity index is 1.20. The molecule has 0 heterocycles. The van der Waals surface area contributed by atoms with Crippen molar-refractivity contribution in [3.05, 3.63) is 65.7 Å². The highest BCUT2D eigenvalue weighted by molar-refractivity contribution is 7.99. The number of hydrogen-bond donors (Lipinski definition) is 0. The van der Waals surface area contributed by atoms with Gasteiger partial charge in [0, 0.05) is 10.6 Å². The Hall–Kier alpha value is -1.42. The maximum absolute atomic E-state index is 14.8. The largest absolute Gasteiger partial charge is 0.246 e. The van der Waals surface area contributed by atoms with Crippen LogP contribution in [0.15, 0.2) is 53.4 Å². The molecule has 2 aliphatic carbocycles. The third kappa shape index (κ3) is 5.43. The van der Waals surface area contributed by atoms with E-state index in [1.54, 1.807) is 17.8 Å². The highest BCUT2D eigenvalue weighted by Crippen LogP contribution is 2.45. The minimum absolute atomic E-state index is 0.205. The second kappa shape index (κ2) is 10.3. The molecule has 2 aliphatic rings. The van der Waals surface area contributed by atoms with Crippen molar-refractivity contribution in [2.45, 2.75) is 68.4 Å². The molecule has 0 aromatic heterocycles. The Bertz CT molecular complexity index is 793. The van der Waals surface area contributed by atoms with E-state index in [1.165, 1.54) is 12.1 Å². The average molecular weight is 433 g/mol. The Labute approximate surface area is 182 Å². The van der Waals surface area contributed by atoms with Gasteiger partial charge in [-0.15, -0.1) is 11.8 Å². The SMILES string of the molecule is Fc1ccc(C2CCC(C3CCC(C(F)CSc4ccccc4)CC3)CC2)cc1F. The number of hydrogen-bond acceptors (Lipinski definition) is 1. The van der Waals surface area contributed by atoms with Crippen LogP contribution in [0, 0.1) is 29.4 Å². The monoisotopic (exact) mass is 432 g/mol. The van der Waals surface area contributed by atoms with Gasteiger partial charge < -0.3 is 0 Å². The van der Waals surface area contributed by atoms with Crippen molar-refractivity contribution >= 4 is 11.8 Å². The number of benzene rings is 2. The number of alkyl halides is 1. The van der Waals surface area contributed by atoms with E-state index in [2.05, 4.69) is 0 Å². The standard InChI is InChI=1S/C26H31F3S/c27-24-15-14-22(16-25(24)28)20-8-6-18(7-9-20)19-10-12-21(13-11-19)26(29)17-30-23-4-2-1-3-5-23/h1-5,14-16,18-21,26H,6-13,17H2.